The number of nitrogens with one attached hydrogen (secondary N) is 6. The van der Waals surface area contributed by atoms with Crippen LogP contribution in [0, 0.1) is 19.8 Å². The van der Waals surface area contributed by atoms with E-state index in [1.54, 1.807) is 29.2 Å². The number of aromatic amines is 2. The number of carbonyl (C=O) groups is 1. The Kier molecular flexibility index (Phi) is 11.8. The molecule has 24 heteroatoms. The first kappa shape index (κ1) is 47.9. The molecule has 5 saturated carbocycles. The molecule has 5 fully saturated rings. The molecule has 0 radical (unpaired) electrons. The zero-order chi connectivity index (χ0) is 52.0. The second kappa shape index (κ2) is 18.8. The van der Waals surface area contributed by atoms with Gasteiger partial charge in [0.1, 0.15) is 29.6 Å². The Morgan fingerprint density at radius 1 is 0.882 bits per heavy atom. The number of hydrogen-bond acceptors (Lipinski definition) is 15. The minimum atomic E-state index is -1.36. The number of anilines is 4. The Labute approximate surface area is 433 Å². The maximum absolute atomic E-state index is 15.7. The quantitative estimate of drug-likeness (QED) is 0.0433. The van der Waals surface area contributed by atoms with Crippen LogP contribution in [-0.2, 0) is 22.6 Å². The average molecular weight is 1040 g/mol. The van der Waals surface area contributed by atoms with Gasteiger partial charge in [-0.25, -0.2) is 33.0 Å². The predicted octanol–water partition coefficient (Wildman–Crippen LogP) is 7.64. The third kappa shape index (κ3) is 8.66. The van der Waals surface area contributed by atoms with Crippen LogP contribution >= 0.6 is 0 Å². The van der Waals surface area contributed by atoms with Gasteiger partial charge in [0.25, 0.3) is 0 Å². The Morgan fingerprint density at radius 3 is 2.46 bits per heavy atom. The Bertz CT molecular complexity index is 3620. The maximum atomic E-state index is 15.7. The van der Waals surface area contributed by atoms with Gasteiger partial charge in [0, 0.05) is 99.5 Å². The fraction of sp³-hybridized carbons (Fsp3) is 0.442. The monoisotopic (exact) mass is 1040 g/mol. The number of fused-ring (bicyclic) bond motifs is 3. The van der Waals surface area contributed by atoms with Gasteiger partial charge in [-0.05, 0) is 96.3 Å². The van der Waals surface area contributed by atoms with Gasteiger partial charge in [-0.3, -0.25) is 29.3 Å². The van der Waals surface area contributed by atoms with E-state index in [0.717, 1.165) is 75.0 Å². The zero-order valence-corrected chi connectivity index (χ0v) is 42.3. The highest BCUT2D eigenvalue weighted by Gasteiger charge is 2.58. The van der Waals surface area contributed by atoms with Crippen LogP contribution in [-0.4, -0.2) is 123 Å². The molecule has 14 rings (SSSR count). The number of aromatic nitrogens is 14. The lowest BCUT2D eigenvalue weighted by Gasteiger charge is -2.61. The molecule has 0 spiro atoms. The van der Waals surface area contributed by atoms with Crippen molar-refractivity contribution < 1.29 is 28.2 Å². The van der Waals surface area contributed by atoms with Crippen LogP contribution in [0.3, 0.4) is 0 Å². The fourth-order valence-corrected chi connectivity index (χ4v) is 11.9. The van der Waals surface area contributed by atoms with Crippen molar-refractivity contribution in [2.24, 2.45) is 5.92 Å². The molecule has 394 valence electrons. The van der Waals surface area contributed by atoms with E-state index in [1.165, 1.54) is 0 Å². The first-order valence-corrected chi connectivity index (χ1v) is 26.0. The van der Waals surface area contributed by atoms with Crippen molar-refractivity contribution in [3.05, 3.63) is 96.5 Å². The number of imidazole rings is 1. The lowest BCUT2D eigenvalue weighted by molar-refractivity contribution is -0.167. The third-order valence-electron chi connectivity index (χ3n) is 15.9. The summed E-state index contributed by atoms with van der Waals surface area (Å²) >= 11 is 0. The molecule has 5 aliphatic carbocycles. The number of benzene rings is 1. The lowest BCUT2D eigenvalue weighted by atomic mass is 9.50. The van der Waals surface area contributed by atoms with Gasteiger partial charge in [0.15, 0.2) is 17.5 Å². The van der Waals surface area contributed by atoms with Crippen LogP contribution in [0.4, 0.5) is 37.0 Å². The number of carbonyl (C=O) groups excluding carboxylic acids is 1. The summed E-state index contributed by atoms with van der Waals surface area (Å²) in [4.78, 5) is 26.9. The van der Waals surface area contributed by atoms with Crippen molar-refractivity contribution >= 4 is 51.6 Å². The van der Waals surface area contributed by atoms with Crippen molar-refractivity contribution in [1.82, 2.24) is 79.6 Å². The highest BCUT2D eigenvalue weighted by atomic mass is 19.1. The Balaban J connectivity index is 0.664. The number of aliphatic hydroxyl groups is 1. The molecule has 9 aromatic rings. The van der Waals surface area contributed by atoms with Gasteiger partial charge in [-0.2, -0.15) is 25.5 Å². The number of amides is 1. The van der Waals surface area contributed by atoms with Crippen LogP contribution in [0.5, 0.6) is 0 Å². The number of alkyl halides is 2. The molecule has 7 atom stereocenters. The van der Waals surface area contributed by atoms with E-state index in [2.05, 4.69) is 63.9 Å². The number of rotatable bonds is 17. The highest BCUT2D eigenvalue weighted by Crippen LogP contribution is 2.57. The van der Waals surface area contributed by atoms with Crippen molar-refractivity contribution in [3.8, 4) is 22.3 Å². The summed E-state index contributed by atoms with van der Waals surface area (Å²) in [6.07, 6.45) is 11.2. The van der Waals surface area contributed by atoms with Gasteiger partial charge in [-0.1, -0.05) is 6.07 Å². The van der Waals surface area contributed by atoms with Gasteiger partial charge in [0.2, 0.25) is 12.4 Å². The van der Waals surface area contributed by atoms with Crippen LogP contribution in [0.2, 0.25) is 0 Å². The van der Waals surface area contributed by atoms with Crippen molar-refractivity contribution in [1.29, 1.82) is 0 Å². The summed E-state index contributed by atoms with van der Waals surface area (Å²) in [6.45, 7) is 8.84. The largest absolute Gasteiger partial charge is 0.443 e. The Hall–Kier alpha value is -7.83. The van der Waals surface area contributed by atoms with E-state index in [4.69, 9.17) is 29.6 Å². The minimum absolute atomic E-state index is 0.0132. The van der Waals surface area contributed by atoms with E-state index in [0.29, 0.717) is 73.0 Å². The van der Waals surface area contributed by atoms with Gasteiger partial charge < -0.3 is 30.5 Å². The number of halogens is 2. The van der Waals surface area contributed by atoms with Crippen LogP contribution in [0.1, 0.15) is 93.4 Å². The number of aliphatic hydroxyl groups excluding tert-OH is 1. The molecule has 8 aromatic heterocycles. The zero-order valence-electron chi connectivity index (χ0n) is 42.3. The topological polar surface area (TPSA) is 257 Å². The minimum Gasteiger partial charge on any atom is -0.443 e. The number of ether oxygens (including phenoxy) is 2. The van der Waals surface area contributed by atoms with Crippen LogP contribution in [0.15, 0.2) is 73.7 Å². The van der Waals surface area contributed by atoms with Gasteiger partial charge in [-0.15, -0.1) is 0 Å². The summed E-state index contributed by atoms with van der Waals surface area (Å²) < 4.78 is 49.4. The molecular weight excluding hydrogens is 979 g/mol. The van der Waals surface area contributed by atoms with Crippen LogP contribution in [0.25, 0.3) is 44.3 Å². The maximum Gasteiger partial charge on any atom is 0.407 e. The second-order valence-corrected chi connectivity index (χ2v) is 21.3. The summed E-state index contributed by atoms with van der Waals surface area (Å²) in [5.74, 6) is 2.11. The average Bonchev–Trinajstić information content (AvgIpc) is 4.28. The summed E-state index contributed by atoms with van der Waals surface area (Å²) in [5, 5.41) is 52.8. The highest BCUT2D eigenvalue weighted by molar-refractivity contribution is 5.93. The standard InChI is InChI=1S/C52H58F2N18O4/c1-26(2)60-50(73)76-41-17-31(16-36(41)53)37-18-42(67-65-37)62-47-46-35(25-59-72(46)12-10-55-47)30-5-7-39-32(15-30)23-57-71(39)14-13-70-28(4)34(24-58-70)44-27(3)61-49(69-11-9-56-48(44)69)63-43-19-38(66-68-43)33-6-8-40(45(33)54)75-51(74)64-52-20-29(21-52)22-52/h5,7,9-12,15,18-19,23-26,29,31,33,36,40-41,45,50,60,73H,6,8,13-14,16-17,20-22H2,1-4H3,(H,64,74)(H2,55,62,65,67)(H2,61,63,66,68)/t29?,31-,33+,36+,40+,41-,45+,50?,52?/m0/s1. The molecule has 7 N–H and O–H groups in total. The molecule has 0 saturated heterocycles. The summed E-state index contributed by atoms with van der Waals surface area (Å²) in [6, 6.07) is 9.83. The van der Waals surface area contributed by atoms with E-state index < -0.39 is 43.0 Å². The first-order chi connectivity index (χ1) is 36.8. The number of nitrogens with zero attached hydrogens (tertiary/aromatic N) is 12. The van der Waals surface area contributed by atoms with Gasteiger partial charge in [0.05, 0.1) is 49.0 Å². The SMILES string of the molecule is Cc1nc(Nc2cc([C@H]3CC[C@@H](OC(=O)NC45CC(C4)C5)[C@@H]3F)[nH]n2)n2ccnc2c1-c1cnn(CCn2ncc3cc(-c4cnn5ccnc(Nc6cc([C@H]7C[C@@H](F)[C@@H](OC(O)NC(C)C)C7)[nH]n6)c45)ccc32)c1C. The summed E-state index contributed by atoms with van der Waals surface area (Å²) in [5.41, 5.74) is 8.89. The number of aryl methyl sites for hydroxylation is 3. The van der Waals surface area contributed by atoms with Crippen molar-refractivity contribution in [2.75, 3.05) is 10.6 Å². The molecule has 8 heterocycles. The normalized spacial score (nSPS) is 24.4. The smallest absolute Gasteiger partial charge is 0.407 e. The van der Waals surface area contributed by atoms with Crippen molar-refractivity contribution in [2.45, 2.75) is 140 Å². The van der Waals surface area contributed by atoms with Crippen LogP contribution < -0.4 is 21.3 Å². The summed E-state index contributed by atoms with van der Waals surface area (Å²) in [7, 11) is 0. The number of hydrogen-bond donors (Lipinski definition) is 7. The predicted molar refractivity (Wildman–Crippen MR) is 276 cm³/mol. The molecule has 1 amide bonds. The van der Waals surface area contributed by atoms with E-state index in [9.17, 15) is 9.90 Å². The molecule has 1 aromatic carbocycles. The molecule has 76 heavy (non-hydrogen) atoms. The molecular formula is C52H58F2N18O4. The van der Waals surface area contributed by atoms with Gasteiger partial charge >= 0.3 is 6.09 Å². The van der Waals surface area contributed by atoms with E-state index in [1.807, 2.05) is 78.4 Å². The molecule has 22 nitrogen and oxygen atoms in total. The Morgan fingerprint density at radius 2 is 1.64 bits per heavy atom. The molecule has 1 unspecified atom stereocenters. The number of alkyl carbamates (subject to hydrolysis) is 1. The molecule has 5 aliphatic rings. The lowest BCUT2D eigenvalue weighted by Crippen LogP contribution is -2.68. The molecule has 0 aliphatic heterocycles. The first-order valence-electron chi connectivity index (χ1n) is 26.0. The van der Waals surface area contributed by atoms with E-state index in [-0.39, 0.29) is 23.9 Å². The van der Waals surface area contributed by atoms with E-state index >= 15 is 8.78 Å². The number of H-pyrrole nitrogens is 2. The third-order valence-corrected chi connectivity index (χ3v) is 15.9. The fourth-order valence-electron chi connectivity index (χ4n) is 11.9. The van der Waals surface area contributed by atoms with Crippen molar-refractivity contribution in [3.63, 3.8) is 0 Å². The molecule has 2 bridgehead atoms. The second-order valence-electron chi connectivity index (χ2n) is 21.3.